The summed E-state index contributed by atoms with van der Waals surface area (Å²) in [6, 6.07) is 7.50. The van der Waals surface area contributed by atoms with E-state index in [9.17, 15) is 26.4 Å². The van der Waals surface area contributed by atoms with Crippen LogP contribution < -0.4 is 5.32 Å². The molecule has 1 aliphatic heterocycles. The summed E-state index contributed by atoms with van der Waals surface area (Å²) in [6.07, 6.45) is 1.21. The first-order valence-electron chi connectivity index (χ1n) is 13.8. The van der Waals surface area contributed by atoms with Crippen molar-refractivity contribution < 1.29 is 26.4 Å². The molecule has 228 valence electrons. The highest BCUT2D eigenvalue weighted by molar-refractivity contribution is 7.89. The number of hydrogen-bond acceptors (Lipinski definition) is 6. The number of nitrogens with zero attached hydrogens (tertiary/aromatic N) is 4. The fraction of sp³-hybridized carbons (Fsp3) is 0.483. The van der Waals surface area contributed by atoms with Gasteiger partial charge >= 0.3 is 6.18 Å². The third-order valence-electron chi connectivity index (χ3n) is 7.96. The molecule has 0 unspecified atom stereocenters. The first-order chi connectivity index (χ1) is 19.4. The molecule has 0 spiro atoms. The maximum absolute atomic E-state index is 14.3. The van der Waals surface area contributed by atoms with E-state index in [1.807, 2.05) is 12.1 Å². The van der Waals surface area contributed by atoms with Crippen LogP contribution in [0.1, 0.15) is 62.6 Å². The van der Waals surface area contributed by atoms with E-state index in [2.05, 4.69) is 15.3 Å². The van der Waals surface area contributed by atoms with E-state index >= 15 is 0 Å². The molecule has 1 saturated heterocycles. The van der Waals surface area contributed by atoms with Gasteiger partial charge in [0, 0.05) is 43.5 Å². The first kappa shape index (κ1) is 32.0. The summed E-state index contributed by atoms with van der Waals surface area (Å²) in [7, 11) is -2.31. The van der Waals surface area contributed by atoms with Crippen molar-refractivity contribution in [3.8, 4) is 0 Å². The molecule has 2 fully saturated rings. The molecule has 1 aliphatic carbocycles. The molecular formula is C29H35ClF3N5O3S. The summed E-state index contributed by atoms with van der Waals surface area (Å²) in [6.45, 7) is 3.39. The number of nitrogens with one attached hydrogen (secondary N) is 1. The van der Waals surface area contributed by atoms with Gasteiger partial charge in [-0.25, -0.2) is 12.7 Å². The van der Waals surface area contributed by atoms with E-state index < -0.39 is 39.3 Å². The van der Waals surface area contributed by atoms with E-state index in [1.165, 1.54) is 23.5 Å². The molecule has 13 heteroatoms. The van der Waals surface area contributed by atoms with E-state index in [0.717, 1.165) is 40.0 Å². The largest absolute Gasteiger partial charge is 0.413 e. The van der Waals surface area contributed by atoms with Crippen molar-refractivity contribution in [3.63, 3.8) is 0 Å². The average Bonchev–Trinajstić information content (AvgIpc) is 3.78. The number of alkyl halides is 3. The number of carbonyl (C=O) groups excluding carboxylic acids is 1. The third-order valence-corrected chi connectivity index (χ3v) is 10.2. The van der Waals surface area contributed by atoms with Crippen molar-refractivity contribution >= 4 is 50.7 Å². The van der Waals surface area contributed by atoms with Crippen LogP contribution in [0.25, 0.3) is 11.0 Å². The number of carbonyl (C=O) groups is 1. The highest BCUT2D eigenvalue weighted by atomic mass is 35.5. The Hall–Kier alpha value is -2.96. The molecule has 2 aromatic heterocycles. The lowest BCUT2D eigenvalue weighted by atomic mass is 9.95. The van der Waals surface area contributed by atoms with Crippen LogP contribution in [0.15, 0.2) is 48.8 Å². The van der Waals surface area contributed by atoms with Gasteiger partial charge in [0.1, 0.15) is 0 Å². The topological polar surface area (TPSA) is 95.5 Å². The lowest BCUT2D eigenvalue weighted by molar-refractivity contribution is -0.191. The number of fused-ring (bicyclic) bond motifs is 1. The minimum absolute atomic E-state index is 0. The lowest BCUT2D eigenvalue weighted by Gasteiger charge is -2.36. The number of halogens is 4. The van der Waals surface area contributed by atoms with Gasteiger partial charge in [-0.2, -0.15) is 13.2 Å². The van der Waals surface area contributed by atoms with Crippen LogP contribution in [0.3, 0.4) is 0 Å². The zero-order valence-corrected chi connectivity index (χ0v) is 25.3. The van der Waals surface area contributed by atoms with Crippen LogP contribution in [-0.4, -0.2) is 65.1 Å². The number of benzene rings is 1. The van der Waals surface area contributed by atoms with Crippen LogP contribution in [0.2, 0.25) is 0 Å². The minimum Gasteiger partial charge on any atom is -0.354 e. The van der Waals surface area contributed by atoms with E-state index in [-0.39, 0.29) is 43.9 Å². The molecule has 1 saturated carbocycles. The number of piperidine rings is 1. The molecule has 5 rings (SSSR count). The number of amides is 1. The molecule has 2 aliphatic rings. The maximum Gasteiger partial charge on any atom is 0.413 e. The molecule has 1 aromatic carbocycles. The van der Waals surface area contributed by atoms with Crippen LogP contribution >= 0.6 is 12.4 Å². The summed E-state index contributed by atoms with van der Waals surface area (Å²) in [4.78, 5) is 23.0. The number of anilines is 2. The Morgan fingerprint density at radius 3 is 2.26 bits per heavy atom. The number of aromatic nitrogens is 2. The third kappa shape index (κ3) is 6.50. The van der Waals surface area contributed by atoms with Gasteiger partial charge in [0.15, 0.2) is 6.04 Å². The standard InChI is InChI=1S/C29H34F3N5O3S.ClH/c1-18(2)41(39,40)37-15-12-21(13-16-37)28(38)36(3)27(29(30,31)32)20-8-10-22(11-9-20)35-24-17-34-23-5-4-14-33-26(23)25(24)19-6-7-19;/h4-5,8-11,14,17-19,21,27,35H,6-7,12-13,15-16H2,1-3H3;1H/t27-;/m0./s1. The summed E-state index contributed by atoms with van der Waals surface area (Å²) < 4.78 is 69.2. The van der Waals surface area contributed by atoms with Gasteiger partial charge in [0.2, 0.25) is 15.9 Å². The molecule has 0 bridgehead atoms. The molecule has 8 nitrogen and oxygen atoms in total. The SMILES string of the molecule is CC(C)S(=O)(=O)N1CCC(C(=O)N(C)[C@@H](c2ccc(Nc3cnc4cccnc4c3C3CC3)cc2)C(F)(F)F)CC1.Cl. The average molecular weight is 626 g/mol. The molecule has 3 aromatic rings. The van der Waals surface area contributed by atoms with Gasteiger partial charge in [-0.15, -0.1) is 12.4 Å². The smallest absolute Gasteiger partial charge is 0.354 e. The molecule has 1 atom stereocenters. The van der Waals surface area contributed by atoms with Crippen LogP contribution in [0, 0.1) is 5.92 Å². The summed E-state index contributed by atoms with van der Waals surface area (Å²) >= 11 is 0. The van der Waals surface area contributed by atoms with Crippen LogP contribution in [0.5, 0.6) is 0 Å². The normalized spacial score (nSPS) is 17.6. The summed E-state index contributed by atoms with van der Waals surface area (Å²) in [5, 5.41) is 2.70. The Morgan fingerprint density at radius 1 is 1.05 bits per heavy atom. The predicted octanol–water partition coefficient (Wildman–Crippen LogP) is 6.18. The zero-order valence-electron chi connectivity index (χ0n) is 23.6. The fourth-order valence-corrected chi connectivity index (χ4v) is 6.85. The predicted molar refractivity (Wildman–Crippen MR) is 158 cm³/mol. The van der Waals surface area contributed by atoms with Gasteiger partial charge in [-0.1, -0.05) is 12.1 Å². The van der Waals surface area contributed by atoms with Crippen molar-refractivity contribution in [2.24, 2.45) is 5.92 Å². The van der Waals surface area contributed by atoms with E-state index in [4.69, 9.17) is 0 Å². The number of sulfonamides is 1. The molecule has 0 radical (unpaired) electrons. The second-order valence-corrected chi connectivity index (χ2v) is 13.6. The minimum atomic E-state index is -4.70. The van der Waals surface area contributed by atoms with Crippen molar-refractivity contribution in [2.75, 3.05) is 25.5 Å². The van der Waals surface area contributed by atoms with Crippen molar-refractivity contribution in [1.29, 1.82) is 0 Å². The highest BCUT2D eigenvalue weighted by Crippen LogP contribution is 2.46. The molecule has 1 N–H and O–H groups in total. The second kappa shape index (κ2) is 12.3. The monoisotopic (exact) mass is 625 g/mol. The Balaban J connectivity index is 0.00000405. The Morgan fingerprint density at radius 2 is 1.69 bits per heavy atom. The van der Waals surface area contributed by atoms with Crippen molar-refractivity contribution in [1.82, 2.24) is 19.2 Å². The van der Waals surface area contributed by atoms with Gasteiger partial charge < -0.3 is 10.2 Å². The number of pyridine rings is 2. The Labute approximate surface area is 250 Å². The van der Waals surface area contributed by atoms with Gasteiger partial charge in [-0.3, -0.25) is 14.8 Å². The van der Waals surface area contributed by atoms with Gasteiger partial charge in [0.05, 0.1) is 28.2 Å². The highest BCUT2D eigenvalue weighted by Gasteiger charge is 2.46. The number of rotatable bonds is 8. The fourth-order valence-electron chi connectivity index (χ4n) is 5.53. The Kier molecular flexibility index (Phi) is 9.39. The molecule has 42 heavy (non-hydrogen) atoms. The second-order valence-electron chi connectivity index (χ2n) is 11.1. The molecular weight excluding hydrogens is 591 g/mol. The van der Waals surface area contributed by atoms with Gasteiger partial charge in [-0.05, 0) is 75.3 Å². The zero-order chi connectivity index (χ0) is 29.5. The summed E-state index contributed by atoms with van der Waals surface area (Å²) in [5.41, 5.74) is 3.99. The van der Waals surface area contributed by atoms with Gasteiger partial charge in [0.25, 0.3) is 0 Å². The lowest BCUT2D eigenvalue weighted by Crippen LogP contribution is -2.47. The quantitative estimate of drug-likeness (QED) is 0.321. The molecule has 3 heterocycles. The van der Waals surface area contributed by atoms with Crippen LogP contribution in [-0.2, 0) is 14.8 Å². The van der Waals surface area contributed by atoms with E-state index in [1.54, 1.807) is 38.4 Å². The Bertz CT molecular complexity index is 1520. The molecule has 1 amide bonds. The van der Waals surface area contributed by atoms with Crippen LogP contribution in [0.4, 0.5) is 24.5 Å². The van der Waals surface area contributed by atoms with Crippen molar-refractivity contribution in [3.05, 3.63) is 59.9 Å². The number of hydrogen-bond donors (Lipinski definition) is 1. The van der Waals surface area contributed by atoms with Crippen molar-refractivity contribution in [2.45, 2.75) is 62.9 Å². The van der Waals surface area contributed by atoms with E-state index in [0.29, 0.717) is 11.6 Å². The first-order valence-corrected chi connectivity index (χ1v) is 15.3. The summed E-state index contributed by atoms with van der Waals surface area (Å²) in [5.74, 6) is -0.956. The maximum atomic E-state index is 14.3.